The normalized spacial score (nSPS) is 11.5. The summed E-state index contributed by atoms with van der Waals surface area (Å²) in [6, 6.07) is 8.16. The molecule has 0 amide bonds. The van der Waals surface area contributed by atoms with Crippen molar-refractivity contribution in [3.63, 3.8) is 0 Å². The van der Waals surface area contributed by atoms with E-state index in [0.717, 1.165) is 40.6 Å². The summed E-state index contributed by atoms with van der Waals surface area (Å²) in [5.41, 5.74) is 4.01. The van der Waals surface area contributed by atoms with Crippen LogP contribution in [-0.2, 0) is 34.3 Å². The van der Waals surface area contributed by atoms with Crippen LogP contribution in [0.5, 0.6) is 5.75 Å². The number of aromatic nitrogens is 3. The zero-order valence-electron chi connectivity index (χ0n) is 18.3. The molecular weight excluding hydrogens is 398 g/mol. The van der Waals surface area contributed by atoms with E-state index in [2.05, 4.69) is 47.7 Å². The Bertz CT molecular complexity index is 984. The predicted molar refractivity (Wildman–Crippen MR) is 119 cm³/mol. The van der Waals surface area contributed by atoms with Crippen molar-refractivity contribution in [1.29, 1.82) is 0 Å². The van der Waals surface area contributed by atoms with Gasteiger partial charge in [-0.3, -0.25) is 9.48 Å². The number of hydrogen-bond acceptors (Lipinski definition) is 6. The first-order valence-electron chi connectivity index (χ1n) is 10.1. The van der Waals surface area contributed by atoms with Gasteiger partial charge in [-0.2, -0.15) is 5.10 Å². The van der Waals surface area contributed by atoms with Crippen LogP contribution >= 0.6 is 11.3 Å². The Labute approximate surface area is 181 Å². The standard InChI is InChI=1S/C23H29N3O3S/c1-6-29-21(27)13-17-15-30-22(25-17)19-14-24-26(23(2,3)4)20(19)12-9-16-7-10-18(28-5)11-8-16/h7-8,10-11,14-15H,6,9,12-13H2,1-5H3. The van der Waals surface area contributed by atoms with Gasteiger partial charge in [0.2, 0.25) is 0 Å². The lowest BCUT2D eigenvalue weighted by Crippen LogP contribution is -2.25. The highest BCUT2D eigenvalue weighted by Gasteiger charge is 2.23. The van der Waals surface area contributed by atoms with Crippen LogP contribution in [0.1, 0.15) is 44.6 Å². The van der Waals surface area contributed by atoms with Crippen molar-refractivity contribution in [2.24, 2.45) is 0 Å². The first-order valence-corrected chi connectivity index (χ1v) is 11.0. The number of ether oxygens (including phenoxy) is 2. The molecule has 0 atom stereocenters. The van der Waals surface area contributed by atoms with Crippen LogP contribution in [0.15, 0.2) is 35.8 Å². The summed E-state index contributed by atoms with van der Waals surface area (Å²) in [7, 11) is 1.67. The summed E-state index contributed by atoms with van der Waals surface area (Å²) in [6.07, 6.45) is 3.81. The molecule has 6 nitrogen and oxygen atoms in total. The lowest BCUT2D eigenvalue weighted by atomic mass is 10.0. The van der Waals surface area contributed by atoms with Crippen LogP contribution in [0, 0.1) is 0 Å². The van der Waals surface area contributed by atoms with Crippen LogP contribution in [0.2, 0.25) is 0 Å². The third kappa shape index (κ3) is 5.27. The lowest BCUT2D eigenvalue weighted by molar-refractivity contribution is -0.142. The minimum absolute atomic E-state index is 0.140. The largest absolute Gasteiger partial charge is 0.497 e. The van der Waals surface area contributed by atoms with Gasteiger partial charge in [0.25, 0.3) is 0 Å². The lowest BCUT2D eigenvalue weighted by Gasteiger charge is -2.23. The Morgan fingerprint density at radius 2 is 1.90 bits per heavy atom. The number of benzene rings is 1. The average Bonchev–Trinajstić information content (AvgIpc) is 3.33. The number of carbonyl (C=O) groups excluding carboxylic acids is 1. The molecule has 0 N–H and O–H groups in total. The van der Waals surface area contributed by atoms with Crippen molar-refractivity contribution in [1.82, 2.24) is 14.8 Å². The van der Waals surface area contributed by atoms with Crippen LogP contribution in [0.4, 0.5) is 0 Å². The zero-order valence-corrected chi connectivity index (χ0v) is 19.1. The quantitative estimate of drug-likeness (QED) is 0.489. The fourth-order valence-electron chi connectivity index (χ4n) is 3.30. The van der Waals surface area contributed by atoms with Crippen molar-refractivity contribution in [2.75, 3.05) is 13.7 Å². The molecule has 2 heterocycles. The van der Waals surface area contributed by atoms with Gasteiger partial charge in [-0.15, -0.1) is 11.3 Å². The molecular formula is C23H29N3O3S. The number of carbonyl (C=O) groups is 1. The molecule has 30 heavy (non-hydrogen) atoms. The molecule has 0 aliphatic carbocycles. The van der Waals surface area contributed by atoms with E-state index in [9.17, 15) is 4.79 Å². The molecule has 0 radical (unpaired) electrons. The molecule has 7 heteroatoms. The molecule has 1 aromatic carbocycles. The minimum Gasteiger partial charge on any atom is -0.497 e. The molecule has 0 aliphatic rings. The smallest absolute Gasteiger partial charge is 0.311 e. The van der Waals surface area contributed by atoms with Gasteiger partial charge in [0.1, 0.15) is 10.8 Å². The monoisotopic (exact) mass is 427 g/mol. The molecule has 3 rings (SSSR count). The summed E-state index contributed by atoms with van der Waals surface area (Å²) in [5, 5.41) is 7.48. The van der Waals surface area contributed by atoms with Gasteiger partial charge in [-0.1, -0.05) is 12.1 Å². The van der Waals surface area contributed by atoms with Crippen molar-refractivity contribution in [2.45, 2.75) is 52.5 Å². The maximum absolute atomic E-state index is 11.8. The first-order chi connectivity index (χ1) is 14.3. The van der Waals surface area contributed by atoms with E-state index >= 15 is 0 Å². The van der Waals surface area contributed by atoms with E-state index in [-0.39, 0.29) is 17.9 Å². The minimum atomic E-state index is -0.250. The number of thiazole rings is 1. The maximum Gasteiger partial charge on any atom is 0.311 e. The second-order valence-electron chi connectivity index (χ2n) is 8.06. The fraction of sp³-hybridized carbons (Fsp3) is 0.435. The van der Waals surface area contributed by atoms with E-state index in [4.69, 9.17) is 9.47 Å². The summed E-state index contributed by atoms with van der Waals surface area (Å²) < 4.78 is 12.4. The Morgan fingerprint density at radius 3 is 2.53 bits per heavy atom. The second-order valence-corrected chi connectivity index (χ2v) is 8.92. The van der Waals surface area contributed by atoms with Crippen LogP contribution in [-0.4, -0.2) is 34.5 Å². The van der Waals surface area contributed by atoms with Gasteiger partial charge in [-0.05, 0) is 58.2 Å². The van der Waals surface area contributed by atoms with Gasteiger partial charge in [0, 0.05) is 11.1 Å². The van der Waals surface area contributed by atoms with E-state index in [1.165, 1.54) is 16.9 Å². The highest BCUT2D eigenvalue weighted by atomic mass is 32.1. The molecule has 0 unspecified atom stereocenters. The van der Waals surface area contributed by atoms with Crippen LogP contribution < -0.4 is 4.74 Å². The van der Waals surface area contributed by atoms with Gasteiger partial charge >= 0.3 is 5.97 Å². The Morgan fingerprint density at radius 1 is 1.17 bits per heavy atom. The third-order valence-corrected chi connectivity index (χ3v) is 5.65. The maximum atomic E-state index is 11.8. The highest BCUT2D eigenvalue weighted by molar-refractivity contribution is 7.13. The van der Waals surface area contributed by atoms with Crippen molar-refractivity contribution in [3.8, 4) is 16.3 Å². The van der Waals surface area contributed by atoms with Gasteiger partial charge < -0.3 is 9.47 Å². The van der Waals surface area contributed by atoms with E-state index in [1.54, 1.807) is 14.0 Å². The summed E-state index contributed by atoms with van der Waals surface area (Å²) in [4.78, 5) is 16.5. The molecule has 3 aromatic rings. The van der Waals surface area contributed by atoms with E-state index in [1.807, 2.05) is 23.7 Å². The van der Waals surface area contributed by atoms with Crippen LogP contribution in [0.3, 0.4) is 0 Å². The topological polar surface area (TPSA) is 66.2 Å². The number of methoxy groups -OCH3 is 1. The molecule has 0 aliphatic heterocycles. The molecule has 0 saturated heterocycles. The predicted octanol–water partition coefficient (Wildman–Crippen LogP) is 4.66. The Balaban J connectivity index is 1.85. The number of nitrogens with zero attached hydrogens (tertiary/aromatic N) is 3. The van der Waals surface area contributed by atoms with Crippen molar-refractivity contribution >= 4 is 17.3 Å². The van der Waals surface area contributed by atoms with Gasteiger partial charge in [0.05, 0.1) is 43.1 Å². The summed E-state index contributed by atoms with van der Waals surface area (Å²) in [6.45, 7) is 8.63. The van der Waals surface area contributed by atoms with E-state index < -0.39 is 0 Å². The molecule has 2 aromatic heterocycles. The Kier molecular flexibility index (Phi) is 6.92. The first kappa shape index (κ1) is 22.0. The van der Waals surface area contributed by atoms with Crippen LogP contribution in [0.25, 0.3) is 10.6 Å². The number of aryl methyl sites for hydroxylation is 1. The number of hydrogen-bond donors (Lipinski definition) is 0. The second kappa shape index (κ2) is 9.43. The average molecular weight is 428 g/mol. The molecule has 0 bridgehead atoms. The molecule has 0 saturated carbocycles. The fourth-order valence-corrected chi connectivity index (χ4v) is 4.15. The molecule has 0 spiro atoms. The number of rotatable bonds is 8. The third-order valence-electron chi connectivity index (χ3n) is 4.73. The SMILES string of the molecule is CCOC(=O)Cc1csc(-c2cnn(C(C)(C)C)c2CCc2ccc(OC)cc2)n1. The van der Waals surface area contributed by atoms with Crippen molar-refractivity contribution < 1.29 is 14.3 Å². The molecule has 0 fully saturated rings. The zero-order chi connectivity index (χ0) is 21.7. The highest BCUT2D eigenvalue weighted by Crippen LogP contribution is 2.31. The number of esters is 1. The summed E-state index contributed by atoms with van der Waals surface area (Å²) in [5.74, 6) is 0.607. The Hall–Kier alpha value is -2.67. The van der Waals surface area contributed by atoms with Crippen molar-refractivity contribution in [3.05, 3.63) is 52.8 Å². The van der Waals surface area contributed by atoms with Gasteiger partial charge in [0.15, 0.2) is 0 Å². The molecule has 160 valence electrons. The summed E-state index contributed by atoms with van der Waals surface area (Å²) >= 11 is 1.54. The van der Waals surface area contributed by atoms with E-state index in [0.29, 0.717) is 6.61 Å². The van der Waals surface area contributed by atoms with Gasteiger partial charge in [-0.25, -0.2) is 4.98 Å².